The van der Waals surface area contributed by atoms with E-state index in [1.807, 2.05) is 13.1 Å². The molecule has 8 nitrogen and oxygen atoms in total. The predicted molar refractivity (Wildman–Crippen MR) is 90.5 cm³/mol. The second kappa shape index (κ2) is 5.58. The minimum Gasteiger partial charge on any atom is -0.442 e. The Morgan fingerprint density at radius 2 is 2.20 bits per heavy atom. The molecule has 0 aliphatic carbocycles. The van der Waals surface area contributed by atoms with Gasteiger partial charge in [-0.1, -0.05) is 0 Å². The molecule has 0 saturated carbocycles. The van der Waals surface area contributed by atoms with Gasteiger partial charge in [0.15, 0.2) is 0 Å². The van der Waals surface area contributed by atoms with Gasteiger partial charge in [0.25, 0.3) is 11.5 Å². The highest BCUT2D eigenvalue weighted by molar-refractivity contribution is 6.06. The maximum absolute atomic E-state index is 12.8. The van der Waals surface area contributed by atoms with E-state index in [1.54, 1.807) is 14.0 Å². The number of imidazole rings is 1. The van der Waals surface area contributed by atoms with Gasteiger partial charge in [-0.2, -0.15) is 0 Å². The average Bonchev–Trinajstić information content (AvgIpc) is 3.09. The number of amides is 1. The van der Waals surface area contributed by atoms with Crippen molar-refractivity contribution in [3.63, 3.8) is 0 Å². The Morgan fingerprint density at radius 1 is 1.40 bits per heavy atom. The second-order valence-electron chi connectivity index (χ2n) is 6.53. The van der Waals surface area contributed by atoms with Crippen LogP contribution in [0.4, 0.5) is 0 Å². The smallest absolute Gasteiger partial charge is 0.265 e. The van der Waals surface area contributed by atoms with Crippen molar-refractivity contribution < 1.29 is 9.21 Å². The summed E-state index contributed by atoms with van der Waals surface area (Å²) in [5, 5.41) is 3.26. The molecule has 1 atom stereocenters. The van der Waals surface area contributed by atoms with E-state index >= 15 is 0 Å². The van der Waals surface area contributed by atoms with Crippen molar-refractivity contribution in [2.24, 2.45) is 7.05 Å². The molecular weight excluding hydrogens is 322 g/mol. The molecule has 4 rings (SSSR count). The highest BCUT2D eigenvalue weighted by Gasteiger charge is 2.26. The van der Waals surface area contributed by atoms with E-state index in [0.29, 0.717) is 12.3 Å². The van der Waals surface area contributed by atoms with Crippen LogP contribution in [0.3, 0.4) is 0 Å². The van der Waals surface area contributed by atoms with Gasteiger partial charge in [-0.05, 0) is 20.3 Å². The summed E-state index contributed by atoms with van der Waals surface area (Å²) in [6, 6.07) is -0.0153. The first kappa shape index (κ1) is 15.6. The zero-order chi connectivity index (χ0) is 17.7. The van der Waals surface area contributed by atoms with Crippen LogP contribution in [-0.4, -0.2) is 31.1 Å². The standard InChI is InChI=1S/C17H19N5O3/c1-9-6-22-7-11(4-5-12(22)19-9)20-15(23)13-10(2)25-16-14(13)17(24)21(3)8-18-16/h6,8,11H,4-5,7H2,1-3H3,(H,20,23)/t11-/m1/s1. The van der Waals surface area contributed by atoms with Crippen LogP contribution in [0.25, 0.3) is 11.1 Å². The average molecular weight is 341 g/mol. The van der Waals surface area contributed by atoms with E-state index in [2.05, 4.69) is 19.9 Å². The summed E-state index contributed by atoms with van der Waals surface area (Å²) < 4.78 is 8.92. The van der Waals surface area contributed by atoms with Gasteiger partial charge in [-0.3, -0.25) is 9.59 Å². The molecule has 0 aromatic carbocycles. The minimum atomic E-state index is -0.299. The molecule has 8 heteroatoms. The number of rotatable bonds is 2. The number of nitrogens with zero attached hydrogens (tertiary/aromatic N) is 4. The van der Waals surface area contributed by atoms with Crippen molar-refractivity contribution in [2.75, 3.05) is 0 Å². The number of hydrogen-bond acceptors (Lipinski definition) is 5. The molecule has 0 unspecified atom stereocenters. The molecule has 0 radical (unpaired) electrons. The Hall–Kier alpha value is -2.90. The van der Waals surface area contributed by atoms with Crippen LogP contribution in [0.5, 0.6) is 0 Å². The van der Waals surface area contributed by atoms with E-state index in [4.69, 9.17) is 4.42 Å². The number of aromatic nitrogens is 4. The molecule has 1 aliphatic rings. The van der Waals surface area contributed by atoms with Crippen LogP contribution >= 0.6 is 0 Å². The fraction of sp³-hybridized carbons (Fsp3) is 0.412. The molecule has 4 heterocycles. The molecule has 0 saturated heterocycles. The maximum atomic E-state index is 12.8. The fourth-order valence-corrected chi connectivity index (χ4v) is 3.42. The molecule has 3 aromatic heterocycles. The van der Waals surface area contributed by atoms with E-state index in [0.717, 1.165) is 24.4 Å². The molecule has 1 N–H and O–H groups in total. The molecule has 0 bridgehead atoms. The Balaban J connectivity index is 1.64. The topological polar surface area (TPSA) is 94.9 Å². The van der Waals surface area contributed by atoms with Gasteiger partial charge >= 0.3 is 0 Å². The SMILES string of the molecule is Cc1cn2c(n1)CC[C@@H](NC(=O)c1c(C)oc3ncn(C)c(=O)c13)C2. The van der Waals surface area contributed by atoms with Crippen LogP contribution in [0.2, 0.25) is 0 Å². The number of hydrogen-bond donors (Lipinski definition) is 1. The number of fused-ring (bicyclic) bond motifs is 2. The van der Waals surface area contributed by atoms with Crippen LogP contribution in [-0.2, 0) is 20.0 Å². The van der Waals surface area contributed by atoms with E-state index < -0.39 is 0 Å². The number of furan rings is 1. The van der Waals surface area contributed by atoms with Gasteiger partial charge in [0.2, 0.25) is 5.71 Å². The summed E-state index contributed by atoms with van der Waals surface area (Å²) in [6.07, 6.45) is 5.01. The first-order valence-corrected chi connectivity index (χ1v) is 8.22. The Morgan fingerprint density at radius 3 is 3.00 bits per heavy atom. The lowest BCUT2D eigenvalue weighted by atomic mass is 10.1. The minimum absolute atomic E-state index is 0.0153. The van der Waals surface area contributed by atoms with E-state index in [9.17, 15) is 9.59 Å². The Bertz CT molecular complexity index is 1040. The van der Waals surface area contributed by atoms with E-state index in [1.165, 1.54) is 10.9 Å². The Kier molecular flexibility index (Phi) is 3.48. The predicted octanol–water partition coefficient (Wildman–Crippen LogP) is 1.08. The summed E-state index contributed by atoms with van der Waals surface area (Å²) in [5.74, 6) is 1.15. The summed E-state index contributed by atoms with van der Waals surface area (Å²) in [7, 11) is 1.60. The summed E-state index contributed by atoms with van der Waals surface area (Å²) in [5.41, 5.74) is 1.16. The summed E-state index contributed by atoms with van der Waals surface area (Å²) >= 11 is 0. The van der Waals surface area contributed by atoms with Crippen molar-refractivity contribution in [2.45, 2.75) is 39.3 Å². The van der Waals surface area contributed by atoms with Gasteiger partial charge in [0.1, 0.15) is 23.3 Å². The lowest BCUT2D eigenvalue weighted by molar-refractivity contribution is 0.0927. The van der Waals surface area contributed by atoms with Crippen LogP contribution in [0, 0.1) is 13.8 Å². The zero-order valence-electron chi connectivity index (χ0n) is 14.4. The molecular formula is C17H19N5O3. The number of carbonyl (C=O) groups excluding carboxylic acids is 1. The molecule has 0 spiro atoms. The largest absolute Gasteiger partial charge is 0.442 e. The van der Waals surface area contributed by atoms with Crippen LogP contribution in [0.1, 0.15) is 34.1 Å². The first-order chi connectivity index (χ1) is 11.9. The number of carbonyl (C=O) groups is 1. The summed E-state index contributed by atoms with van der Waals surface area (Å²) in [6.45, 7) is 4.31. The molecule has 130 valence electrons. The third-order valence-electron chi connectivity index (χ3n) is 4.62. The second-order valence-corrected chi connectivity index (χ2v) is 6.53. The van der Waals surface area contributed by atoms with Gasteiger partial charge < -0.3 is 18.9 Å². The third-order valence-corrected chi connectivity index (χ3v) is 4.62. The van der Waals surface area contributed by atoms with Crippen molar-refractivity contribution >= 4 is 17.0 Å². The third kappa shape index (κ3) is 2.54. The molecule has 1 amide bonds. The highest BCUT2D eigenvalue weighted by atomic mass is 16.3. The van der Waals surface area contributed by atoms with Gasteiger partial charge in [-0.25, -0.2) is 9.97 Å². The van der Waals surface area contributed by atoms with Crippen molar-refractivity contribution in [1.82, 2.24) is 24.4 Å². The summed E-state index contributed by atoms with van der Waals surface area (Å²) in [4.78, 5) is 33.8. The number of nitrogens with one attached hydrogen (secondary N) is 1. The molecule has 3 aromatic rings. The lowest BCUT2D eigenvalue weighted by Crippen LogP contribution is -2.41. The normalized spacial score (nSPS) is 16.8. The lowest BCUT2D eigenvalue weighted by Gasteiger charge is -2.24. The van der Waals surface area contributed by atoms with Gasteiger partial charge in [-0.15, -0.1) is 0 Å². The van der Waals surface area contributed by atoms with Crippen LogP contribution in [0.15, 0.2) is 21.7 Å². The van der Waals surface area contributed by atoms with Crippen molar-refractivity contribution in [1.29, 1.82) is 0 Å². The quantitative estimate of drug-likeness (QED) is 0.753. The maximum Gasteiger partial charge on any atom is 0.265 e. The van der Waals surface area contributed by atoms with E-state index in [-0.39, 0.29) is 34.2 Å². The molecule has 25 heavy (non-hydrogen) atoms. The van der Waals surface area contributed by atoms with Crippen LogP contribution < -0.4 is 10.9 Å². The monoisotopic (exact) mass is 341 g/mol. The van der Waals surface area contributed by atoms with Crippen molar-refractivity contribution in [3.8, 4) is 0 Å². The first-order valence-electron chi connectivity index (χ1n) is 8.22. The number of aryl methyl sites for hydroxylation is 4. The fourth-order valence-electron chi connectivity index (χ4n) is 3.42. The highest BCUT2D eigenvalue weighted by Crippen LogP contribution is 2.22. The van der Waals surface area contributed by atoms with Gasteiger partial charge in [0, 0.05) is 32.3 Å². The van der Waals surface area contributed by atoms with Gasteiger partial charge in [0.05, 0.1) is 11.3 Å². The van der Waals surface area contributed by atoms with Crippen molar-refractivity contribution in [3.05, 3.63) is 45.7 Å². The zero-order valence-corrected chi connectivity index (χ0v) is 14.4. The molecule has 1 aliphatic heterocycles. The molecule has 0 fully saturated rings. The Labute approximate surface area is 143 Å².